The fourth-order valence-electron chi connectivity index (χ4n) is 6.36. The van der Waals surface area contributed by atoms with Gasteiger partial charge < -0.3 is 4.42 Å². The molecule has 3 aromatic heterocycles. The number of rotatable bonds is 4. The van der Waals surface area contributed by atoms with E-state index in [1.165, 1.54) is 27.1 Å². The van der Waals surface area contributed by atoms with E-state index in [4.69, 9.17) is 14.4 Å². The minimum Gasteiger partial charge on any atom is -0.435 e. The van der Waals surface area contributed by atoms with Crippen LogP contribution in [-0.4, -0.2) is 15.0 Å². The van der Waals surface area contributed by atoms with Gasteiger partial charge in [-0.3, -0.25) is 4.98 Å². The van der Waals surface area contributed by atoms with E-state index in [2.05, 4.69) is 120 Å². The maximum absolute atomic E-state index is 6.00. The molecule has 0 aliphatic rings. The zero-order valence-corrected chi connectivity index (χ0v) is 24.2. The van der Waals surface area contributed by atoms with Crippen LogP contribution in [-0.2, 0) is 0 Å². The van der Waals surface area contributed by atoms with Gasteiger partial charge in [0.05, 0.1) is 11.2 Å². The van der Waals surface area contributed by atoms with Gasteiger partial charge in [0.2, 0.25) is 5.89 Å². The van der Waals surface area contributed by atoms with Crippen LogP contribution in [0.5, 0.6) is 0 Å². The first-order valence-corrected chi connectivity index (χ1v) is 15.0. The lowest BCUT2D eigenvalue weighted by atomic mass is 9.93. The number of benzene rings is 6. The maximum atomic E-state index is 6.00. The maximum Gasteiger partial charge on any atom is 0.246 e. The third-order valence-electron chi connectivity index (χ3n) is 8.56. The van der Waals surface area contributed by atoms with Crippen molar-refractivity contribution in [3.8, 4) is 45.1 Å². The summed E-state index contributed by atoms with van der Waals surface area (Å²) in [6.45, 7) is 0. The number of pyridine rings is 2. The van der Waals surface area contributed by atoms with E-state index in [0.717, 1.165) is 50.0 Å². The first-order valence-electron chi connectivity index (χ1n) is 15.0. The Morgan fingerprint density at radius 2 is 1.11 bits per heavy atom. The minimum atomic E-state index is 0.511. The molecular formula is C41H25N3O. The second kappa shape index (κ2) is 10.2. The number of oxazole rings is 1. The van der Waals surface area contributed by atoms with Crippen LogP contribution in [0.15, 0.2) is 156 Å². The monoisotopic (exact) mass is 575 g/mol. The van der Waals surface area contributed by atoms with Crippen LogP contribution in [0.2, 0.25) is 0 Å². The molecule has 0 bridgehead atoms. The summed E-state index contributed by atoms with van der Waals surface area (Å²) >= 11 is 0. The highest BCUT2D eigenvalue weighted by Crippen LogP contribution is 2.38. The molecule has 0 saturated carbocycles. The molecule has 6 aromatic carbocycles. The van der Waals surface area contributed by atoms with E-state index in [1.807, 2.05) is 36.5 Å². The SMILES string of the molecule is c1ccc2c(-c3ccc4nc(-c5cccc6ccccc56)cc(-c5ccc(-c6nc7ccccc7o6)nc5)c4c3)cccc2c1. The van der Waals surface area contributed by atoms with Crippen molar-refractivity contribution in [3.05, 3.63) is 152 Å². The second-order valence-corrected chi connectivity index (χ2v) is 11.3. The summed E-state index contributed by atoms with van der Waals surface area (Å²) in [6, 6.07) is 50.5. The first-order chi connectivity index (χ1) is 22.3. The lowest BCUT2D eigenvalue weighted by molar-refractivity contribution is 0.617. The highest BCUT2D eigenvalue weighted by atomic mass is 16.3. The summed E-state index contributed by atoms with van der Waals surface area (Å²) < 4.78 is 6.00. The van der Waals surface area contributed by atoms with Crippen LogP contribution in [0, 0.1) is 0 Å². The van der Waals surface area contributed by atoms with Gasteiger partial charge in [-0.25, -0.2) is 9.97 Å². The molecule has 4 heteroatoms. The Kier molecular flexibility index (Phi) is 5.78. The highest BCUT2D eigenvalue weighted by Gasteiger charge is 2.15. The van der Waals surface area contributed by atoms with Crippen molar-refractivity contribution in [1.82, 2.24) is 15.0 Å². The lowest BCUT2D eigenvalue weighted by Gasteiger charge is -2.14. The van der Waals surface area contributed by atoms with Crippen molar-refractivity contribution in [3.63, 3.8) is 0 Å². The van der Waals surface area contributed by atoms with Crippen molar-refractivity contribution in [1.29, 1.82) is 0 Å². The molecule has 0 aliphatic heterocycles. The molecule has 0 unspecified atom stereocenters. The molecule has 0 spiro atoms. The van der Waals surface area contributed by atoms with E-state index in [0.29, 0.717) is 11.6 Å². The minimum absolute atomic E-state index is 0.511. The van der Waals surface area contributed by atoms with Gasteiger partial charge >= 0.3 is 0 Å². The van der Waals surface area contributed by atoms with E-state index in [1.54, 1.807) is 0 Å². The van der Waals surface area contributed by atoms with Crippen LogP contribution >= 0.6 is 0 Å². The Labute approximate surface area is 259 Å². The lowest BCUT2D eigenvalue weighted by Crippen LogP contribution is -1.93. The number of hydrogen-bond acceptors (Lipinski definition) is 4. The molecule has 0 atom stereocenters. The van der Waals surface area contributed by atoms with Crippen LogP contribution in [0.1, 0.15) is 0 Å². The molecule has 0 fully saturated rings. The Morgan fingerprint density at radius 3 is 1.89 bits per heavy atom. The van der Waals surface area contributed by atoms with Crippen molar-refractivity contribution in [2.24, 2.45) is 0 Å². The zero-order chi connectivity index (χ0) is 29.7. The molecule has 0 N–H and O–H groups in total. The van der Waals surface area contributed by atoms with E-state index in [-0.39, 0.29) is 0 Å². The summed E-state index contributed by atoms with van der Waals surface area (Å²) in [7, 11) is 0. The summed E-state index contributed by atoms with van der Waals surface area (Å²) in [5, 5.41) is 5.88. The van der Waals surface area contributed by atoms with Crippen LogP contribution in [0.3, 0.4) is 0 Å². The molecule has 9 rings (SSSR count). The average Bonchev–Trinajstić information content (AvgIpc) is 3.55. The molecule has 210 valence electrons. The van der Waals surface area contributed by atoms with Gasteiger partial charge in [0.25, 0.3) is 0 Å². The topological polar surface area (TPSA) is 51.8 Å². The van der Waals surface area contributed by atoms with E-state index < -0.39 is 0 Å². The molecule has 45 heavy (non-hydrogen) atoms. The van der Waals surface area contributed by atoms with Crippen LogP contribution < -0.4 is 0 Å². The van der Waals surface area contributed by atoms with E-state index in [9.17, 15) is 0 Å². The number of nitrogens with zero attached hydrogens (tertiary/aromatic N) is 3. The summed E-state index contributed by atoms with van der Waals surface area (Å²) in [5.74, 6) is 0.511. The van der Waals surface area contributed by atoms with Crippen molar-refractivity contribution in [2.45, 2.75) is 0 Å². The largest absolute Gasteiger partial charge is 0.435 e. The molecule has 0 aliphatic carbocycles. The van der Waals surface area contributed by atoms with Gasteiger partial charge in [0, 0.05) is 22.7 Å². The normalized spacial score (nSPS) is 11.6. The first kappa shape index (κ1) is 25.4. The molecule has 0 saturated heterocycles. The predicted octanol–water partition coefficient (Wildman–Crippen LogP) is 10.7. The smallest absolute Gasteiger partial charge is 0.246 e. The Morgan fingerprint density at radius 1 is 0.422 bits per heavy atom. The molecule has 0 amide bonds. The fraction of sp³-hybridized carbons (Fsp3) is 0. The van der Waals surface area contributed by atoms with Crippen molar-refractivity contribution >= 4 is 43.5 Å². The molecular weight excluding hydrogens is 550 g/mol. The number of aromatic nitrogens is 3. The number of hydrogen-bond donors (Lipinski definition) is 0. The summed E-state index contributed by atoms with van der Waals surface area (Å²) in [4.78, 5) is 14.7. The van der Waals surface area contributed by atoms with Crippen LogP contribution in [0.25, 0.3) is 88.6 Å². The van der Waals surface area contributed by atoms with Gasteiger partial charge in [-0.15, -0.1) is 0 Å². The van der Waals surface area contributed by atoms with Gasteiger partial charge in [-0.2, -0.15) is 0 Å². The summed E-state index contributed by atoms with van der Waals surface area (Å²) in [6.07, 6.45) is 1.91. The highest BCUT2D eigenvalue weighted by molar-refractivity contribution is 6.04. The number of fused-ring (bicyclic) bond motifs is 4. The third-order valence-corrected chi connectivity index (χ3v) is 8.56. The standard InChI is InChI=1S/C41H25N3O/c1-3-13-30-26(9-1)11-7-15-32(30)28-19-21-36-35(23-28)34(24-39(43-36)33-16-8-12-27-10-2-4-14-31(27)33)29-20-22-38(42-25-29)41-44-37-17-5-6-18-40(37)45-41/h1-25H. The van der Waals surface area contributed by atoms with Gasteiger partial charge in [-0.05, 0) is 74.6 Å². The fourth-order valence-corrected chi connectivity index (χ4v) is 6.36. The van der Waals surface area contributed by atoms with Gasteiger partial charge in [0.15, 0.2) is 5.58 Å². The third kappa shape index (κ3) is 4.35. The van der Waals surface area contributed by atoms with Gasteiger partial charge in [-0.1, -0.05) is 109 Å². The van der Waals surface area contributed by atoms with Crippen LogP contribution in [0.4, 0.5) is 0 Å². The molecule has 0 radical (unpaired) electrons. The quantitative estimate of drug-likeness (QED) is 0.209. The molecule has 9 aromatic rings. The number of para-hydroxylation sites is 2. The Hall–Kier alpha value is -6.13. The van der Waals surface area contributed by atoms with Gasteiger partial charge in [0.1, 0.15) is 11.2 Å². The zero-order valence-electron chi connectivity index (χ0n) is 24.2. The van der Waals surface area contributed by atoms with Crippen molar-refractivity contribution < 1.29 is 4.42 Å². The van der Waals surface area contributed by atoms with Crippen molar-refractivity contribution in [2.75, 3.05) is 0 Å². The predicted molar refractivity (Wildman–Crippen MR) is 184 cm³/mol. The molecule has 3 heterocycles. The van der Waals surface area contributed by atoms with E-state index >= 15 is 0 Å². The average molecular weight is 576 g/mol. The Balaban J connectivity index is 1.25. The Bertz CT molecular complexity index is 2500. The second-order valence-electron chi connectivity index (χ2n) is 11.3. The summed E-state index contributed by atoms with van der Waals surface area (Å²) in [5.41, 5.74) is 9.64. The molecule has 4 nitrogen and oxygen atoms in total.